The molecule has 6 heteroatoms. The van der Waals surface area contributed by atoms with Gasteiger partial charge in [0.15, 0.2) is 6.61 Å². The van der Waals surface area contributed by atoms with Gasteiger partial charge in [-0.15, -0.1) is 0 Å². The van der Waals surface area contributed by atoms with E-state index >= 15 is 0 Å². The van der Waals surface area contributed by atoms with Crippen LogP contribution in [0.1, 0.15) is 28.9 Å². The number of methoxy groups -OCH3 is 1. The average molecular weight is 345 g/mol. The van der Waals surface area contributed by atoms with E-state index in [1.54, 1.807) is 43.4 Å². The first kappa shape index (κ1) is 18.4. The molecule has 5 nitrogen and oxygen atoms in total. The normalized spacial score (nSPS) is 11.5. The molecule has 0 heterocycles. The molecule has 1 unspecified atom stereocenters. The topological polar surface area (TPSA) is 55.8 Å². The molecule has 2 rings (SSSR count). The maximum Gasteiger partial charge on any atom is 0.337 e. The van der Waals surface area contributed by atoms with Gasteiger partial charge < -0.3 is 14.4 Å². The zero-order valence-electron chi connectivity index (χ0n) is 14.4. The molecule has 0 saturated heterocycles. The predicted molar refractivity (Wildman–Crippen MR) is 90.9 cm³/mol. The maximum atomic E-state index is 13.0. The van der Waals surface area contributed by atoms with Gasteiger partial charge in [0.25, 0.3) is 5.91 Å². The molecular weight excluding hydrogens is 325 g/mol. The molecule has 132 valence electrons. The highest BCUT2D eigenvalue weighted by atomic mass is 19.1. The van der Waals surface area contributed by atoms with Gasteiger partial charge in [-0.2, -0.15) is 0 Å². The Labute approximate surface area is 146 Å². The number of amides is 1. The van der Waals surface area contributed by atoms with Crippen molar-refractivity contribution in [3.8, 4) is 5.75 Å². The van der Waals surface area contributed by atoms with Crippen LogP contribution in [0.3, 0.4) is 0 Å². The molecule has 2 aromatic carbocycles. The van der Waals surface area contributed by atoms with E-state index in [1.165, 1.54) is 24.1 Å². The summed E-state index contributed by atoms with van der Waals surface area (Å²) in [7, 11) is 2.98. The lowest BCUT2D eigenvalue weighted by molar-refractivity contribution is -0.134. The quantitative estimate of drug-likeness (QED) is 0.755. The van der Waals surface area contributed by atoms with Gasteiger partial charge in [-0.1, -0.05) is 12.1 Å². The number of carbonyl (C=O) groups is 2. The Hall–Kier alpha value is -2.89. The van der Waals surface area contributed by atoms with Crippen molar-refractivity contribution < 1.29 is 23.5 Å². The third kappa shape index (κ3) is 4.79. The fourth-order valence-corrected chi connectivity index (χ4v) is 2.23. The van der Waals surface area contributed by atoms with Crippen LogP contribution in [0.25, 0.3) is 0 Å². The van der Waals surface area contributed by atoms with Crippen molar-refractivity contribution in [2.75, 3.05) is 20.8 Å². The molecule has 25 heavy (non-hydrogen) atoms. The van der Waals surface area contributed by atoms with Crippen molar-refractivity contribution in [2.45, 2.75) is 13.0 Å². The highest BCUT2D eigenvalue weighted by Crippen LogP contribution is 2.19. The van der Waals surface area contributed by atoms with Gasteiger partial charge in [0.2, 0.25) is 0 Å². The van der Waals surface area contributed by atoms with E-state index in [-0.39, 0.29) is 24.4 Å². The summed E-state index contributed by atoms with van der Waals surface area (Å²) < 4.78 is 23.1. The second-order valence-corrected chi connectivity index (χ2v) is 5.54. The van der Waals surface area contributed by atoms with E-state index in [0.717, 1.165) is 5.56 Å². The van der Waals surface area contributed by atoms with E-state index in [9.17, 15) is 14.0 Å². The lowest BCUT2D eigenvalue weighted by Gasteiger charge is -2.25. The lowest BCUT2D eigenvalue weighted by atomic mass is 10.1. The van der Waals surface area contributed by atoms with Crippen molar-refractivity contribution in [1.82, 2.24) is 4.90 Å². The van der Waals surface area contributed by atoms with E-state index in [1.807, 2.05) is 6.92 Å². The Morgan fingerprint density at radius 1 is 1.08 bits per heavy atom. The molecular formula is C19H20FNO4. The fraction of sp³-hybridized carbons (Fsp3) is 0.263. The van der Waals surface area contributed by atoms with Gasteiger partial charge >= 0.3 is 5.97 Å². The van der Waals surface area contributed by atoms with Crippen molar-refractivity contribution in [1.29, 1.82) is 0 Å². The molecule has 0 bridgehead atoms. The Kier molecular flexibility index (Phi) is 6.11. The number of esters is 1. The number of rotatable bonds is 6. The predicted octanol–water partition coefficient (Wildman–Crippen LogP) is 3.21. The van der Waals surface area contributed by atoms with Crippen LogP contribution >= 0.6 is 0 Å². The van der Waals surface area contributed by atoms with E-state index in [4.69, 9.17) is 4.74 Å². The second-order valence-electron chi connectivity index (χ2n) is 5.54. The summed E-state index contributed by atoms with van der Waals surface area (Å²) in [5.41, 5.74) is 1.24. The summed E-state index contributed by atoms with van der Waals surface area (Å²) in [5, 5.41) is 0. The fourth-order valence-electron chi connectivity index (χ4n) is 2.23. The number of likely N-dealkylation sites (N-methyl/N-ethyl adjacent to an activating group) is 1. The molecule has 1 atom stereocenters. The Morgan fingerprint density at radius 2 is 1.68 bits per heavy atom. The van der Waals surface area contributed by atoms with Crippen LogP contribution in [-0.4, -0.2) is 37.5 Å². The smallest absolute Gasteiger partial charge is 0.337 e. The van der Waals surface area contributed by atoms with Crippen molar-refractivity contribution >= 4 is 11.9 Å². The molecule has 0 aromatic heterocycles. The zero-order chi connectivity index (χ0) is 18.4. The van der Waals surface area contributed by atoms with Crippen LogP contribution in [0.5, 0.6) is 5.75 Å². The number of hydrogen-bond acceptors (Lipinski definition) is 4. The number of halogens is 1. The molecule has 1 amide bonds. The van der Waals surface area contributed by atoms with E-state index < -0.39 is 5.97 Å². The van der Waals surface area contributed by atoms with Crippen LogP contribution in [0.2, 0.25) is 0 Å². The molecule has 0 aliphatic carbocycles. The molecule has 0 aliphatic rings. The molecule has 0 spiro atoms. The Bertz CT molecular complexity index is 728. The number of benzene rings is 2. The summed E-state index contributed by atoms with van der Waals surface area (Å²) in [6.07, 6.45) is 0. The van der Waals surface area contributed by atoms with Crippen molar-refractivity contribution in [3.05, 3.63) is 65.5 Å². The summed E-state index contributed by atoms with van der Waals surface area (Å²) in [5.74, 6) is -0.489. The van der Waals surface area contributed by atoms with Gasteiger partial charge in [0.05, 0.1) is 18.7 Å². The minimum atomic E-state index is -0.435. The molecule has 0 N–H and O–H groups in total. The number of nitrogens with zero attached hydrogens (tertiary/aromatic N) is 1. The molecule has 2 aromatic rings. The zero-order valence-corrected chi connectivity index (χ0v) is 14.4. The maximum absolute atomic E-state index is 13.0. The van der Waals surface area contributed by atoms with Crippen LogP contribution in [0, 0.1) is 5.82 Å². The minimum Gasteiger partial charge on any atom is -0.484 e. The van der Waals surface area contributed by atoms with Crippen molar-refractivity contribution in [2.24, 2.45) is 0 Å². The van der Waals surface area contributed by atoms with Gasteiger partial charge in [-0.25, -0.2) is 9.18 Å². The standard InChI is InChI=1S/C19H20FNO4/c1-13(14-4-8-16(20)9-5-14)21(2)18(22)12-25-17-10-6-15(7-11-17)19(23)24-3/h4-11,13H,12H2,1-3H3. The first-order chi connectivity index (χ1) is 11.9. The van der Waals surface area contributed by atoms with E-state index in [2.05, 4.69) is 4.74 Å². The highest BCUT2D eigenvalue weighted by Gasteiger charge is 2.18. The Balaban J connectivity index is 1.92. The van der Waals surface area contributed by atoms with E-state index in [0.29, 0.717) is 11.3 Å². The monoisotopic (exact) mass is 345 g/mol. The first-order valence-corrected chi connectivity index (χ1v) is 7.74. The van der Waals surface area contributed by atoms with Crippen LogP contribution in [0.15, 0.2) is 48.5 Å². The molecule has 0 saturated carbocycles. The first-order valence-electron chi connectivity index (χ1n) is 7.74. The van der Waals surface area contributed by atoms with Gasteiger partial charge in [-0.3, -0.25) is 4.79 Å². The number of carbonyl (C=O) groups excluding carboxylic acids is 2. The number of ether oxygens (including phenoxy) is 2. The molecule has 0 radical (unpaired) electrons. The van der Waals surface area contributed by atoms with Crippen molar-refractivity contribution in [3.63, 3.8) is 0 Å². The summed E-state index contributed by atoms with van der Waals surface area (Å²) in [6, 6.07) is 12.1. The molecule has 0 aliphatic heterocycles. The van der Waals surface area contributed by atoms with Crippen LogP contribution in [-0.2, 0) is 9.53 Å². The summed E-state index contributed by atoms with van der Waals surface area (Å²) >= 11 is 0. The molecule has 0 fully saturated rings. The number of hydrogen-bond donors (Lipinski definition) is 0. The van der Waals surface area contributed by atoms with Gasteiger partial charge in [0.1, 0.15) is 11.6 Å². The van der Waals surface area contributed by atoms with Gasteiger partial charge in [0, 0.05) is 7.05 Å². The average Bonchev–Trinajstić information content (AvgIpc) is 2.65. The highest BCUT2D eigenvalue weighted by molar-refractivity contribution is 5.89. The summed E-state index contributed by atoms with van der Waals surface area (Å²) in [6.45, 7) is 1.72. The lowest BCUT2D eigenvalue weighted by Crippen LogP contribution is -2.33. The third-order valence-corrected chi connectivity index (χ3v) is 3.96. The largest absolute Gasteiger partial charge is 0.484 e. The SMILES string of the molecule is COC(=O)c1ccc(OCC(=O)N(C)C(C)c2ccc(F)cc2)cc1. The second kappa shape index (κ2) is 8.28. The Morgan fingerprint density at radius 3 is 2.24 bits per heavy atom. The minimum absolute atomic E-state index is 0.139. The van der Waals surface area contributed by atoms with Crippen LogP contribution in [0.4, 0.5) is 4.39 Å². The van der Waals surface area contributed by atoms with Crippen LogP contribution < -0.4 is 4.74 Å². The van der Waals surface area contributed by atoms with Gasteiger partial charge in [-0.05, 0) is 48.9 Å². The third-order valence-electron chi connectivity index (χ3n) is 3.96. The summed E-state index contributed by atoms with van der Waals surface area (Å²) in [4.78, 5) is 25.2.